The molecule has 0 spiro atoms. The summed E-state index contributed by atoms with van der Waals surface area (Å²) in [6.07, 6.45) is 1.44. The maximum absolute atomic E-state index is 5.88. The van der Waals surface area contributed by atoms with Crippen LogP contribution < -0.4 is 10.6 Å². The first-order valence-corrected chi connectivity index (χ1v) is 9.59. The lowest BCUT2D eigenvalue weighted by atomic mass is 10.2. The summed E-state index contributed by atoms with van der Waals surface area (Å²) < 4.78 is 5.88. The maximum Gasteiger partial charge on any atom is 0.191 e. The smallest absolute Gasteiger partial charge is 0.191 e. The molecule has 1 aliphatic rings. The fraction of sp³-hybridized carbons (Fsp3) is 0.944. The minimum atomic E-state index is 0. The minimum absolute atomic E-state index is 0. The first-order valence-electron chi connectivity index (χ1n) is 9.59. The van der Waals surface area contributed by atoms with Gasteiger partial charge in [0.05, 0.1) is 12.7 Å². The number of hydrogen-bond acceptors (Lipinski definition) is 4. The van der Waals surface area contributed by atoms with E-state index in [4.69, 9.17) is 4.74 Å². The lowest BCUT2D eigenvalue weighted by Gasteiger charge is -2.34. The molecule has 150 valence electrons. The number of nitrogens with one attached hydrogen (secondary N) is 2. The Morgan fingerprint density at radius 1 is 1.28 bits per heavy atom. The van der Waals surface area contributed by atoms with E-state index in [-0.39, 0.29) is 30.1 Å². The van der Waals surface area contributed by atoms with E-state index >= 15 is 0 Å². The third kappa shape index (κ3) is 11.2. The van der Waals surface area contributed by atoms with Gasteiger partial charge in [-0.15, -0.1) is 24.0 Å². The average Bonchev–Trinajstić information content (AvgIpc) is 2.56. The summed E-state index contributed by atoms with van der Waals surface area (Å²) >= 11 is 0. The van der Waals surface area contributed by atoms with E-state index in [0.29, 0.717) is 5.92 Å². The van der Waals surface area contributed by atoms with Crippen molar-refractivity contribution in [3.05, 3.63) is 0 Å². The maximum atomic E-state index is 5.88. The van der Waals surface area contributed by atoms with Gasteiger partial charge in [0.1, 0.15) is 0 Å². The van der Waals surface area contributed by atoms with E-state index in [1.165, 1.54) is 6.42 Å². The summed E-state index contributed by atoms with van der Waals surface area (Å²) in [5.41, 5.74) is 0. The Labute approximate surface area is 172 Å². The molecule has 0 amide bonds. The number of rotatable bonds is 10. The molecule has 0 aromatic rings. The van der Waals surface area contributed by atoms with Crippen molar-refractivity contribution in [2.24, 2.45) is 10.9 Å². The highest BCUT2D eigenvalue weighted by atomic mass is 127. The molecule has 7 heteroatoms. The summed E-state index contributed by atoms with van der Waals surface area (Å²) in [6, 6.07) is 0. The van der Waals surface area contributed by atoms with Gasteiger partial charge in [-0.3, -0.25) is 9.89 Å². The summed E-state index contributed by atoms with van der Waals surface area (Å²) in [5, 5.41) is 6.81. The SMILES string of the molecule is CCCN(CC)CCNC(=NC)NCC1CN(CC(C)C)CCO1.I. The fourth-order valence-corrected chi connectivity index (χ4v) is 3.09. The molecule has 0 bridgehead atoms. The van der Waals surface area contributed by atoms with Crippen LogP contribution in [-0.2, 0) is 4.74 Å². The zero-order valence-corrected chi connectivity index (χ0v) is 19.2. The Morgan fingerprint density at radius 3 is 2.64 bits per heavy atom. The third-order valence-corrected chi connectivity index (χ3v) is 4.27. The Balaban J connectivity index is 0.00000576. The molecule has 0 saturated carbocycles. The number of nitrogens with zero attached hydrogens (tertiary/aromatic N) is 3. The standard InChI is InChI=1S/C18H39N5O.HI/c1-6-9-22(7-2)10-8-20-18(19-5)21-13-17-15-23(11-12-24-17)14-16(3)4;/h16-17H,6-15H2,1-5H3,(H2,19,20,21);1H. The van der Waals surface area contributed by atoms with Crippen LogP contribution in [0.2, 0.25) is 0 Å². The lowest BCUT2D eigenvalue weighted by molar-refractivity contribution is -0.0284. The van der Waals surface area contributed by atoms with E-state index < -0.39 is 0 Å². The summed E-state index contributed by atoms with van der Waals surface area (Å²) in [6.45, 7) is 18.0. The van der Waals surface area contributed by atoms with Gasteiger partial charge in [0.2, 0.25) is 0 Å². The molecule has 0 radical (unpaired) electrons. The second kappa shape index (κ2) is 15.0. The second-order valence-electron chi connectivity index (χ2n) is 6.96. The summed E-state index contributed by atoms with van der Waals surface area (Å²) in [7, 11) is 1.83. The predicted octanol–water partition coefficient (Wildman–Crippen LogP) is 1.86. The molecule has 1 unspecified atom stereocenters. The highest BCUT2D eigenvalue weighted by Gasteiger charge is 2.21. The van der Waals surface area contributed by atoms with Crippen molar-refractivity contribution >= 4 is 29.9 Å². The molecule has 25 heavy (non-hydrogen) atoms. The second-order valence-corrected chi connectivity index (χ2v) is 6.96. The topological polar surface area (TPSA) is 52.1 Å². The van der Waals surface area contributed by atoms with E-state index in [9.17, 15) is 0 Å². The number of ether oxygens (including phenoxy) is 1. The Hall–Kier alpha value is -0.120. The van der Waals surface area contributed by atoms with Gasteiger partial charge in [-0.25, -0.2) is 0 Å². The Morgan fingerprint density at radius 2 is 2.04 bits per heavy atom. The van der Waals surface area contributed by atoms with Gasteiger partial charge in [0.25, 0.3) is 0 Å². The number of morpholine rings is 1. The van der Waals surface area contributed by atoms with Crippen molar-refractivity contribution < 1.29 is 4.74 Å². The first-order chi connectivity index (χ1) is 11.6. The Bertz CT molecular complexity index is 354. The van der Waals surface area contributed by atoms with Gasteiger partial charge in [-0.1, -0.05) is 27.7 Å². The molecule has 0 aromatic carbocycles. The number of halogens is 1. The molecule has 1 heterocycles. The average molecular weight is 469 g/mol. The molecule has 1 fully saturated rings. The normalized spacial score (nSPS) is 19.2. The van der Waals surface area contributed by atoms with Gasteiger partial charge in [-0.2, -0.15) is 0 Å². The van der Waals surface area contributed by atoms with Gasteiger partial charge < -0.3 is 20.3 Å². The van der Waals surface area contributed by atoms with Crippen molar-refractivity contribution in [1.82, 2.24) is 20.4 Å². The van der Waals surface area contributed by atoms with Gasteiger partial charge in [0.15, 0.2) is 5.96 Å². The monoisotopic (exact) mass is 469 g/mol. The lowest BCUT2D eigenvalue weighted by Crippen LogP contribution is -2.50. The zero-order chi connectivity index (χ0) is 17.8. The van der Waals surface area contributed by atoms with Crippen LogP contribution in [0.15, 0.2) is 4.99 Å². The molecule has 0 aromatic heterocycles. The Kier molecular flexibility index (Phi) is 14.9. The molecule has 2 N–H and O–H groups in total. The van der Waals surface area contributed by atoms with E-state index in [0.717, 1.165) is 64.9 Å². The van der Waals surface area contributed by atoms with Crippen LogP contribution in [0.25, 0.3) is 0 Å². The third-order valence-electron chi connectivity index (χ3n) is 4.27. The zero-order valence-electron chi connectivity index (χ0n) is 16.9. The van der Waals surface area contributed by atoms with Crippen molar-refractivity contribution in [1.29, 1.82) is 0 Å². The predicted molar refractivity (Wildman–Crippen MR) is 118 cm³/mol. The van der Waals surface area contributed by atoms with Gasteiger partial charge in [0, 0.05) is 46.3 Å². The van der Waals surface area contributed by atoms with E-state index in [1.54, 1.807) is 0 Å². The van der Waals surface area contributed by atoms with Crippen LogP contribution in [0.3, 0.4) is 0 Å². The molecule has 1 saturated heterocycles. The van der Waals surface area contributed by atoms with Crippen LogP contribution in [0.1, 0.15) is 34.1 Å². The van der Waals surface area contributed by atoms with E-state index in [1.807, 2.05) is 7.05 Å². The molecule has 6 nitrogen and oxygen atoms in total. The van der Waals surface area contributed by atoms with Crippen LogP contribution in [0.4, 0.5) is 0 Å². The fourth-order valence-electron chi connectivity index (χ4n) is 3.09. The van der Waals surface area contributed by atoms with Crippen LogP contribution in [0.5, 0.6) is 0 Å². The van der Waals surface area contributed by atoms with Crippen LogP contribution in [-0.4, -0.2) is 87.9 Å². The quantitative estimate of drug-likeness (QED) is 0.291. The minimum Gasteiger partial charge on any atom is -0.374 e. The number of guanidine groups is 1. The van der Waals surface area contributed by atoms with Crippen molar-refractivity contribution in [3.8, 4) is 0 Å². The molecule has 1 rings (SSSR count). The van der Waals surface area contributed by atoms with Crippen molar-refractivity contribution in [2.75, 3.05) is 66.0 Å². The first kappa shape index (κ1) is 24.9. The number of hydrogen-bond donors (Lipinski definition) is 2. The summed E-state index contributed by atoms with van der Waals surface area (Å²) in [5.74, 6) is 1.57. The largest absolute Gasteiger partial charge is 0.374 e. The van der Waals surface area contributed by atoms with Gasteiger partial charge in [-0.05, 0) is 25.4 Å². The summed E-state index contributed by atoms with van der Waals surface area (Å²) in [4.78, 5) is 9.27. The molecule has 1 atom stereocenters. The highest BCUT2D eigenvalue weighted by molar-refractivity contribution is 14.0. The highest BCUT2D eigenvalue weighted by Crippen LogP contribution is 2.07. The van der Waals surface area contributed by atoms with Crippen molar-refractivity contribution in [2.45, 2.75) is 40.2 Å². The van der Waals surface area contributed by atoms with Crippen LogP contribution >= 0.6 is 24.0 Å². The van der Waals surface area contributed by atoms with E-state index in [2.05, 4.69) is 53.1 Å². The van der Waals surface area contributed by atoms with Crippen molar-refractivity contribution in [3.63, 3.8) is 0 Å². The molecular weight excluding hydrogens is 429 g/mol. The number of aliphatic imine (C=N–C) groups is 1. The van der Waals surface area contributed by atoms with Crippen LogP contribution in [0, 0.1) is 5.92 Å². The van der Waals surface area contributed by atoms with Gasteiger partial charge >= 0.3 is 0 Å². The molecular formula is C18H40IN5O. The molecule has 1 aliphatic heterocycles. The number of likely N-dealkylation sites (N-methyl/N-ethyl adjacent to an activating group) is 1. The molecule has 0 aliphatic carbocycles.